The molecule has 0 radical (unpaired) electrons. The van der Waals surface area contributed by atoms with Gasteiger partial charge >= 0.3 is 0 Å². The van der Waals surface area contributed by atoms with Crippen LogP contribution in [0.4, 0.5) is 0 Å². The molecule has 1 aromatic heterocycles. The van der Waals surface area contributed by atoms with Crippen molar-refractivity contribution in [2.24, 2.45) is 0 Å². The molecule has 6 nitrogen and oxygen atoms in total. The molecule has 2 heterocycles. The molecule has 0 N–H and O–H groups in total. The molecular weight excluding hydrogens is 422 g/mol. The molecule has 1 atom stereocenters. The van der Waals surface area contributed by atoms with Gasteiger partial charge in [-0.05, 0) is 62.1 Å². The summed E-state index contributed by atoms with van der Waals surface area (Å²) in [5.74, 6) is 1.96. The molecule has 2 aromatic carbocycles. The van der Waals surface area contributed by atoms with Crippen molar-refractivity contribution in [1.82, 2.24) is 14.5 Å². The van der Waals surface area contributed by atoms with Crippen molar-refractivity contribution in [1.29, 1.82) is 0 Å². The van der Waals surface area contributed by atoms with Crippen LogP contribution in [0, 0.1) is 13.8 Å². The number of hydrogen-bond acceptors (Lipinski definition) is 5. The van der Waals surface area contributed by atoms with E-state index in [0.717, 1.165) is 47.3 Å². The van der Waals surface area contributed by atoms with E-state index in [4.69, 9.17) is 9.47 Å². The van der Waals surface area contributed by atoms with Crippen LogP contribution in [0.15, 0.2) is 53.9 Å². The van der Waals surface area contributed by atoms with Gasteiger partial charge in [0.25, 0.3) is 0 Å². The lowest BCUT2D eigenvalue weighted by atomic mass is 10.0. The van der Waals surface area contributed by atoms with Crippen LogP contribution in [-0.2, 0) is 4.79 Å². The first-order valence-corrected chi connectivity index (χ1v) is 11.8. The zero-order chi connectivity index (χ0) is 22.7. The Bertz CT molecular complexity index is 1110. The number of hydrogen-bond donors (Lipinski definition) is 0. The molecule has 0 bridgehead atoms. The van der Waals surface area contributed by atoms with E-state index in [2.05, 4.69) is 37.0 Å². The van der Waals surface area contributed by atoms with Crippen LogP contribution in [-0.4, -0.2) is 46.9 Å². The molecule has 1 saturated heterocycles. The van der Waals surface area contributed by atoms with Crippen LogP contribution < -0.4 is 9.47 Å². The van der Waals surface area contributed by atoms with Gasteiger partial charge in [-0.2, -0.15) is 0 Å². The van der Waals surface area contributed by atoms with Crippen molar-refractivity contribution >= 4 is 17.7 Å². The Morgan fingerprint density at radius 2 is 1.97 bits per heavy atom. The fourth-order valence-corrected chi connectivity index (χ4v) is 5.02. The molecule has 3 aromatic rings. The normalized spacial score (nSPS) is 15.8. The predicted molar refractivity (Wildman–Crippen MR) is 127 cm³/mol. The average molecular weight is 452 g/mol. The van der Waals surface area contributed by atoms with Gasteiger partial charge in [0.1, 0.15) is 11.5 Å². The number of benzene rings is 2. The number of carbonyl (C=O) groups excluding carboxylic acids is 1. The summed E-state index contributed by atoms with van der Waals surface area (Å²) in [6.07, 6.45) is 5.63. The molecule has 4 rings (SSSR count). The van der Waals surface area contributed by atoms with Crippen molar-refractivity contribution in [2.75, 3.05) is 26.5 Å². The number of imidazole rings is 1. The predicted octanol–water partition coefficient (Wildman–Crippen LogP) is 4.96. The van der Waals surface area contributed by atoms with E-state index in [-0.39, 0.29) is 11.9 Å². The Balaban J connectivity index is 1.48. The highest BCUT2D eigenvalue weighted by molar-refractivity contribution is 7.99. The highest BCUT2D eigenvalue weighted by Gasteiger charge is 2.32. The highest BCUT2D eigenvalue weighted by Crippen LogP contribution is 2.39. The Labute approximate surface area is 193 Å². The number of nitrogens with zero attached hydrogens (tertiary/aromatic N) is 3. The molecule has 1 unspecified atom stereocenters. The zero-order valence-corrected chi connectivity index (χ0v) is 19.8. The lowest BCUT2D eigenvalue weighted by Crippen LogP contribution is -2.32. The molecule has 0 saturated carbocycles. The first-order chi connectivity index (χ1) is 15.5. The van der Waals surface area contributed by atoms with Crippen molar-refractivity contribution < 1.29 is 14.3 Å². The summed E-state index contributed by atoms with van der Waals surface area (Å²) in [6.45, 7) is 4.96. The summed E-state index contributed by atoms with van der Waals surface area (Å²) in [5.41, 5.74) is 4.58. The van der Waals surface area contributed by atoms with E-state index in [1.165, 1.54) is 22.9 Å². The molecule has 0 spiro atoms. The summed E-state index contributed by atoms with van der Waals surface area (Å²) in [6, 6.07) is 12.2. The number of likely N-dealkylation sites (tertiary alicyclic amines) is 1. The highest BCUT2D eigenvalue weighted by atomic mass is 32.2. The third kappa shape index (κ3) is 4.48. The number of methoxy groups -OCH3 is 2. The van der Waals surface area contributed by atoms with Gasteiger partial charge in [-0.15, -0.1) is 0 Å². The van der Waals surface area contributed by atoms with Crippen LogP contribution in [0.25, 0.3) is 5.69 Å². The molecular formula is C25H29N3O3S. The Morgan fingerprint density at radius 1 is 1.12 bits per heavy atom. The van der Waals surface area contributed by atoms with Crippen LogP contribution in [0.5, 0.6) is 11.5 Å². The molecule has 32 heavy (non-hydrogen) atoms. The molecule has 1 aliphatic rings. The first-order valence-electron chi connectivity index (χ1n) is 10.8. The van der Waals surface area contributed by atoms with Gasteiger partial charge in [-0.1, -0.05) is 17.8 Å². The van der Waals surface area contributed by atoms with Crippen molar-refractivity contribution in [3.8, 4) is 17.2 Å². The molecule has 168 valence electrons. The number of aryl methyl sites for hydroxylation is 2. The van der Waals surface area contributed by atoms with Crippen LogP contribution >= 0.6 is 11.8 Å². The summed E-state index contributed by atoms with van der Waals surface area (Å²) >= 11 is 1.48. The fraction of sp³-hybridized carbons (Fsp3) is 0.360. The van der Waals surface area contributed by atoms with E-state index < -0.39 is 0 Å². The fourth-order valence-electron chi connectivity index (χ4n) is 4.16. The molecule has 1 fully saturated rings. The van der Waals surface area contributed by atoms with Gasteiger partial charge in [0.2, 0.25) is 5.91 Å². The maximum absolute atomic E-state index is 13.2. The number of carbonyl (C=O) groups is 1. The molecule has 1 aliphatic heterocycles. The van der Waals surface area contributed by atoms with Crippen LogP contribution in [0.3, 0.4) is 0 Å². The third-order valence-electron chi connectivity index (χ3n) is 6.07. The largest absolute Gasteiger partial charge is 0.497 e. The second kappa shape index (κ2) is 9.69. The Morgan fingerprint density at radius 3 is 2.72 bits per heavy atom. The summed E-state index contributed by atoms with van der Waals surface area (Å²) < 4.78 is 13.0. The lowest BCUT2D eigenvalue weighted by Gasteiger charge is -2.26. The summed E-state index contributed by atoms with van der Waals surface area (Å²) in [5, 5.41) is 0.819. The molecule has 0 aliphatic carbocycles. The number of aromatic nitrogens is 2. The van der Waals surface area contributed by atoms with Gasteiger partial charge < -0.3 is 14.4 Å². The van der Waals surface area contributed by atoms with Gasteiger partial charge in [0, 0.05) is 36.3 Å². The minimum atomic E-state index is 0.0171. The minimum absolute atomic E-state index is 0.0171. The SMILES string of the molecule is COc1ccc(C2CCCN2C(=O)CSc2nccn2-c2ccc(C)c(C)c2)c(OC)c1. The van der Waals surface area contributed by atoms with E-state index in [0.29, 0.717) is 5.75 Å². The maximum Gasteiger partial charge on any atom is 0.233 e. The van der Waals surface area contributed by atoms with E-state index in [1.807, 2.05) is 33.9 Å². The number of amides is 1. The second-order valence-corrected chi connectivity index (χ2v) is 8.93. The first kappa shape index (κ1) is 22.3. The van der Waals surface area contributed by atoms with Crippen LogP contribution in [0.1, 0.15) is 35.6 Å². The summed E-state index contributed by atoms with van der Waals surface area (Å²) in [4.78, 5) is 19.7. The van der Waals surface area contributed by atoms with Crippen LogP contribution in [0.2, 0.25) is 0 Å². The van der Waals surface area contributed by atoms with Gasteiger partial charge in [0.15, 0.2) is 5.16 Å². The number of ether oxygens (including phenoxy) is 2. The third-order valence-corrected chi connectivity index (χ3v) is 7.02. The van der Waals surface area contributed by atoms with Crippen molar-refractivity contribution in [3.05, 3.63) is 65.5 Å². The average Bonchev–Trinajstić information content (AvgIpc) is 3.48. The van der Waals surface area contributed by atoms with E-state index in [1.54, 1.807) is 20.4 Å². The molecule has 1 amide bonds. The monoisotopic (exact) mass is 451 g/mol. The van der Waals surface area contributed by atoms with Crippen molar-refractivity contribution in [2.45, 2.75) is 37.9 Å². The Kier molecular flexibility index (Phi) is 6.74. The number of thioether (sulfide) groups is 1. The van der Waals surface area contributed by atoms with E-state index in [9.17, 15) is 4.79 Å². The zero-order valence-electron chi connectivity index (χ0n) is 19.0. The van der Waals surface area contributed by atoms with Crippen molar-refractivity contribution in [3.63, 3.8) is 0 Å². The smallest absolute Gasteiger partial charge is 0.233 e. The minimum Gasteiger partial charge on any atom is -0.497 e. The number of rotatable bonds is 7. The Hall–Kier alpha value is -2.93. The van der Waals surface area contributed by atoms with E-state index >= 15 is 0 Å². The second-order valence-electron chi connectivity index (χ2n) is 7.99. The standard InChI is InChI=1S/C25H29N3O3S/c1-17-7-8-19(14-18(17)2)27-13-11-26-25(27)32-16-24(29)28-12-5-6-22(28)21-10-9-20(30-3)15-23(21)31-4/h7-11,13-15,22H,5-6,12,16H2,1-4H3. The van der Waals surface area contributed by atoms with Gasteiger partial charge in [-0.25, -0.2) is 4.98 Å². The quantitative estimate of drug-likeness (QED) is 0.475. The lowest BCUT2D eigenvalue weighted by molar-refractivity contribution is -0.129. The maximum atomic E-state index is 13.2. The molecule has 7 heteroatoms. The van der Waals surface area contributed by atoms with Gasteiger partial charge in [-0.3, -0.25) is 9.36 Å². The topological polar surface area (TPSA) is 56.6 Å². The summed E-state index contributed by atoms with van der Waals surface area (Å²) in [7, 11) is 3.29. The van der Waals surface area contributed by atoms with Gasteiger partial charge in [0.05, 0.1) is 26.0 Å².